The van der Waals surface area contributed by atoms with Crippen LogP contribution in [0.4, 0.5) is 4.79 Å². The minimum atomic E-state index is -0.209. The van der Waals surface area contributed by atoms with Gasteiger partial charge in [0.1, 0.15) is 0 Å². The van der Waals surface area contributed by atoms with Crippen molar-refractivity contribution in [3.8, 4) is 5.88 Å². The van der Waals surface area contributed by atoms with E-state index in [1.165, 1.54) is 4.88 Å². The van der Waals surface area contributed by atoms with E-state index in [2.05, 4.69) is 26.6 Å². The predicted molar refractivity (Wildman–Crippen MR) is 91.8 cm³/mol. The summed E-state index contributed by atoms with van der Waals surface area (Å²) in [7, 11) is 5.57. The zero-order valence-corrected chi connectivity index (χ0v) is 14.4. The van der Waals surface area contributed by atoms with Crippen molar-refractivity contribution in [2.45, 2.75) is 12.6 Å². The van der Waals surface area contributed by atoms with Crippen molar-refractivity contribution < 1.29 is 9.53 Å². The van der Waals surface area contributed by atoms with Crippen LogP contribution in [0, 0.1) is 0 Å². The SMILES string of the molecule is COc1ncccc1CNC(=O)NCC(c1cccs1)N(C)C. The van der Waals surface area contributed by atoms with E-state index in [-0.39, 0.29) is 12.1 Å². The number of nitrogens with one attached hydrogen (secondary N) is 2. The largest absolute Gasteiger partial charge is 0.481 e. The fourth-order valence-corrected chi connectivity index (χ4v) is 3.11. The molecule has 2 aromatic rings. The lowest BCUT2D eigenvalue weighted by Gasteiger charge is -2.23. The molecule has 0 aliphatic rings. The Morgan fingerprint density at radius 3 is 2.83 bits per heavy atom. The molecule has 1 unspecified atom stereocenters. The molecule has 0 aliphatic heterocycles. The van der Waals surface area contributed by atoms with E-state index in [1.807, 2.05) is 37.7 Å². The molecule has 0 aliphatic carbocycles. The molecule has 0 saturated heterocycles. The summed E-state index contributed by atoms with van der Waals surface area (Å²) in [6, 6.07) is 7.74. The summed E-state index contributed by atoms with van der Waals surface area (Å²) >= 11 is 1.69. The van der Waals surface area contributed by atoms with Gasteiger partial charge in [-0.2, -0.15) is 0 Å². The van der Waals surface area contributed by atoms with Crippen LogP contribution in [0.5, 0.6) is 5.88 Å². The summed E-state index contributed by atoms with van der Waals surface area (Å²) in [4.78, 5) is 19.4. The summed E-state index contributed by atoms with van der Waals surface area (Å²) in [6.45, 7) is 0.915. The molecule has 2 N–H and O–H groups in total. The number of thiophene rings is 1. The number of carbonyl (C=O) groups excluding carboxylic acids is 1. The minimum absolute atomic E-state index is 0.161. The summed E-state index contributed by atoms with van der Waals surface area (Å²) < 4.78 is 5.17. The van der Waals surface area contributed by atoms with E-state index >= 15 is 0 Å². The molecule has 2 aromatic heterocycles. The quantitative estimate of drug-likeness (QED) is 0.815. The van der Waals surface area contributed by atoms with Crippen molar-refractivity contribution in [3.63, 3.8) is 0 Å². The number of likely N-dealkylation sites (N-methyl/N-ethyl adjacent to an activating group) is 1. The molecule has 0 radical (unpaired) electrons. The van der Waals surface area contributed by atoms with E-state index in [9.17, 15) is 4.79 Å². The van der Waals surface area contributed by atoms with Crippen LogP contribution < -0.4 is 15.4 Å². The van der Waals surface area contributed by atoms with Crippen LogP contribution in [0.15, 0.2) is 35.8 Å². The van der Waals surface area contributed by atoms with E-state index in [0.29, 0.717) is 19.0 Å². The van der Waals surface area contributed by atoms with Crippen molar-refractivity contribution >= 4 is 17.4 Å². The first kappa shape index (κ1) is 17.2. The highest BCUT2D eigenvalue weighted by Gasteiger charge is 2.16. The molecule has 6 nitrogen and oxygen atoms in total. The molecular formula is C16H22N4O2S. The summed E-state index contributed by atoms with van der Waals surface area (Å²) in [5.41, 5.74) is 0.840. The lowest BCUT2D eigenvalue weighted by atomic mass is 10.2. The van der Waals surface area contributed by atoms with Crippen molar-refractivity contribution in [1.29, 1.82) is 0 Å². The normalized spacial score (nSPS) is 12.0. The lowest BCUT2D eigenvalue weighted by Crippen LogP contribution is -2.40. The van der Waals surface area contributed by atoms with Gasteiger partial charge in [-0.05, 0) is 31.6 Å². The monoisotopic (exact) mass is 334 g/mol. The second-order valence-corrected chi connectivity index (χ2v) is 6.21. The van der Waals surface area contributed by atoms with E-state index in [0.717, 1.165) is 5.56 Å². The maximum Gasteiger partial charge on any atom is 0.315 e. The third-order valence-electron chi connectivity index (χ3n) is 3.43. The topological polar surface area (TPSA) is 66.5 Å². The zero-order chi connectivity index (χ0) is 16.7. The second kappa shape index (κ2) is 8.50. The van der Waals surface area contributed by atoms with Gasteiger partial charge in [-0.3, -0.25) is 0 Å². The molecule has 0 bridgehead atoms. The molecule has 0 fully saturated rings. The average molecular weight is 334 g/mol. The molecule has 0 saturated carbocycles. The molecule has 2 heterocycles. The van der Waals surface area contributed by atoms with Crippen LogP contribution >= 0.6 is 11.3 Å². The molecular weight excluding hydrogens is 312 g/mol. The third-order valence-corrected chi connectivity index (χ3v) is 4.41. The summed E-state index contributed by atoms with van der Waals surface area (Å²) in [5.74, 6) is 0.526. The fourth-order valence-electron chi connectivity index (χ4n) is 2.19. The van der Waals surface area contributed by atoms with E-state index in [4.69, 9.17) is 4.74 Å². The number of pyridine rings is 1. The molecule has 7 heteroatoms. The first-order chi connectivity index (χ1) is 11.1. The standard InChI is InChI=1S/C16H22N4O2S/c1-20(2)13(14-7-5-9-23-14)11-19-16(21)18-10-12-6-4-8-17-15(12)22-3/h4-9,13H,10-11H2,1-3H3,(H2,18,19,21). The highest BCUT2D eigenvalue weighted by atomic mass is 32.1. The number of hydrogen-bond acceptors (Lipinski definition) is 5. The number of amides is 2. The first-order valence-electron chi connectivity index (χ1n) is 7.31. The molecule has 23 heavy (non-hydrogen) atoms. The van der Waals surface area contributed by atoms with Gasteiger partial charge in [0.15, 0.2) is 0 Å². The Labute approximate surface area is 140 Å². The molecule has 0 aromatic carbocycles. The van der Waals surface area contributed by atoms with Gasteiger partial charge < -0.3 is 20.3 Å². The predicted octanol–water partition coefficient (Wildman–Crippen LogP) is 2.25. The molecule has 2 rings (SSSR count). The van der Waals surface area contributed by atoms with Crippen molar-refractivity contribution in [1.82, 2.24) is 20.5 Å². The van der Waals surface area contributed by atoms with Crippen LogP contribution in [0.25, 0.3) is 0 Å². The smallest absolute Gasteiger partial charge is 0.315 e. The molecule has 124 valence electrons. The Bertz CT molecular complexity index is 616. The van der Waals surface area contributed by atoms with Gasteiger partial charge in [0.05, 0.1) is 13.2 Å². The van der Waals surface area contributed by atoms with Crippen molar-refractivity contribution in [3.05, 3.63) is 46.3 Å². The van der Waals surface area contributed by atoms with Gasteiger partial charge in [0, 0.05) is 29.7 Å². The Morgan fingerprint density at radius 2 is 2.17 bits per heavy atom. The number of hydrogen-bond donors (Lipinski definition) is 2. The second-order valence-electron chi connectivity index (χ2n) is 5.23. The Morgan fingerprint density at radius 1 is 1.35 bits per heavy atom. The Kier molecular flexibility index (Phi) is 6.37. The number of nitrogens with zero attached hydrogens (tertiary/aromatic N) is 2. The van der Waals surface area contributed by atoms with Gasteiger partial charge in [-0.25, -0.2) is 9.78 Å². The molecule has 0 spiro atoms. The van der Waals surface area contributed by atoms with Gasteiger partial charge in [-0.15, -0.1) is 11.3 Å². The summed E-state index contributed by atoms with van der Waals surface area (Å²) in [5, 5.41) is 7.78. The Hall–Kier alpha value is -2.12. The summed E-state index contributed by atoms with van der Waals surface area (Å²) in [6.07, 6.45) is 1.66. The van der Waals surface area contributed by atoms with Gasteiger partial charge >= 0.3 is 6.03 Å². The highest BCUT2D eigenvalue weighted by molar-refractivity contribution is 7.10. The van der Waals surface area contributed by atoms with Gasteiger partial charge in [0.2, 0.25) is 5.88 Å². The van der Waals surface area contributed by atoms with Crippen molar-refractivity contribution in [2.75, 3.05) is 27.7 Å². The first-order valence-corrected chi connectivity index (χ1v) is 8.19. The lowest BCUT2D eigenvalue weighted by molar-refractivity contribution is 0.233. The van der Waals surface area contributed by atoms with Gasteiger partial charge in [0.25, 0.3) is 0 Å². The van der Waals surface area contributed by atoms with E-state index < -0.39 is 0 Å². The van der Waals surface area contributed by atoms with Crippen molar-refractivity contribution in [2.24, 2.45) is 0 Å². The Balaban J connectivity index is 1.85. The number of methoxy groups -OCH3 is 1. The fraction of sp³-hybridized carbons (Fsp3) is 0.375. The number of rotatable bonds is 7. The number of aromatic nitrogens is 1. The van der Waals surface area contributed by atoms with Crippen LogP contribution in [0.1, 0.15) is 16.5 Å². The highest BCUT2D eigenvalue weighted by Crippen LogP contribution is 2.22. The molecule has 2 amide bonds. The maximum atomic E-state index is 12.0. The van der Waals surface area contributed by atoms with Crippen LogP contribution in [0.2, 0.25) is 0 Å². The number of carbonyl (C=O) groups is 1. The number of ether oxygens (including phenoxy) is 1. The van der Waals surface area contributed by atoms with Crippen LogP contribution in [-0.4, -0.2) is 43.7 Å². The van der Waals surface area contributed by atoms with E-state index in [1.54, 1.807) is 24.6 Å². The van der Waals surface area contributed by atoms with Crippen LogP contribution in [-0.2, 0) is 6.54 Å². The molecule has 1 atom stereocenters. The minimum Gasteiger partial charge on any atom is -0.481 e. The van der Waals surface area contributed by atoms with Crippen LogP contribution in [0.3, 0.4) is 0 Å². The maximum absolute atomic E-state index is 12.0. The average Bonchev–Trinajstić information content (AvgIpc) is 3.07. The number of urea groups is 1. The zero-order valence-electron chi connectivity index (χ0n) is 13.6. The third kappa shape index (κ3) is 4.94. The van der Waals surface area contributed by atoms with Gasteiger partial charge in [-0.1, -0.05) is 12.1 Å².